The maximum atomic E-state index is 13.0. The molecular formula is C22H33N5O3S. The fraction of sp³-hybridized carbons (Fsp3) is 0.727. The van der Waals surface area contributed by atoms with Crippen LogP contribution in [0.5, 0.6) is 0 Å². The zero-order chi connectivity index (χ0) is 21.8. The van der Waals surface area contributed by atoms with E-state index >= 15 is 0 Å². The highest BCUT2D eigenvalue weighted by Gasteiger charge is 2.39. The van der Waals surface area contributed by atoms with Gasteiger partial charge in [-0.3, -0.25) is 4.79 Å². The summed E-state index contributed by atoms with van der Waals surface area (Å²) in [6.07, 6.45) is 8.28. The van der Waals surface area contributed by atoms with Crippen molar-refractivity contribution in [1.82, 2.24) is 14.6 Å². The molecule has 2 aliphatic heterocycles. The molecule has 3 heterocycles. The van der Waals surface area contributed by atoms with Crippen molar-refractivity contribution >= 4 is 27.4 Å². The second kappa shape index (κ2) is 7.92. The van der Waals surface area contributed by atoms with Crippen molar-refractivity contribution < 1.29 is 13.2 Å². The molecule has 2 fully saturated rings. The van der Waals surface area contributed by atoms with Crippen molar-refractivity contribution in [2.45, 2.75) is 76.1 Å². The summed E-state index contributed by atoms with van der Waals surface area (Å²) in [7, 11) is -3.11. The predicted octanol–water partition coefficient (Wildman–Crippen LogP) is 2.32. The topological polar surface area (TPSA) is 94.6 Å². The van der Waals surface area contributed by atoms with Crippen LogP contribution in [0.4, 0.5) is 11.5 Å². The molecule has 2 N–H and O–H groups in total. The summed E-state index contributed by atoms with van der Waals surface area (Å²) in [6, 6.07) is 0.685. The minimum absolute atomic E-state index is 0.0757. The Kier molecular flexibility index (Phi) is 5.37. The lowest BCUT2D eigenvalue weighted by Gasteiger charge is -2.45. The number of hydrogen-bond donors (Lipinski definition) is 2. The first-order valence-corrected chi connectivity index (χ1v) is 13.2. The number of rotatable bonds is 6. The van der Waals surface area contributed by atoms with Gasteiger partial charge in [-0.25, -0.2) is 18.1 Å². The molecule has 8 nitrogen and oxygen atoms in total. The molecule has 1 atom stereocenters. The zero-order valence-corrected chi connectivity index (χ0v) is 19.2. The van der Waals surface area contributed by atoms with E-state index in [-0.39, 0.29) is 11.2 Å². The molecule has 1 aromatic rings. The SMILES string of the molecule is CCN1CN([C@H]2CC[C@H](CNS(=O)(=O)C3CC3)CC2)c2c(cnc3c2CC(C)N3)C1=O. The van der Waals surface area contributed by atoms with E-state index in [1.807, 2.05) is 11.8 Å². The Labute approximate surface area is 184 Å². The molecule has 0 saturated heterocycles. The van der Waals surface area contributed by atoms with Gasteiger partial charge in [-0.1, -0.05) is 0 Å². The van der Waals surface area contributed by atoms with E-state index < -0.39 is 10.0 Å². The van der Waals surface area contributed by atoms with Gasteiger partial charge >= 0.3 is 0 Å². The molecular weight excluding hydrogens is 414 g/mol. The molecule has 0 spiro atoms. The Morgan fingerprint density at radius 1 is 1.19 bits per heavy atom. The van der Waals surface area contributed by atoms with Gasteiger partial charge in [-0.05, 0) is 64.7 Å². The number of nitrogens with one attached hydrogen (secondary N) is 2. The van der Waals surface area contributed by atoms with E-state index in [0.717, 1.165) is 62.0 Å². The van der Waals surface area contributed by atoms with Gasteiger partial charge in [0.05, 0.1) is 23.2 Å². The minimum Gasteiger partial charge on any atom is -0.367 e. The van der Waals surface area contributed by atoms with E-state index in [2.05, 4.69) is 26.8 Å². The van der Waals surface area contributed by atoms with E-state index in [0.29, 0.717) is 37.8 Å². The highest BCUT2D eigenvalue weighted by Crippen LogP contribution is 2.41. The van der Waals surface area contributed by atoms with Crippen LogP contribution in [0.15, 0.2) is 6.20 Å². The standard InChI is InChI=1S/C22H33N5O3S/c1-3-26-13-27(20-18-10-14(2)25-21(18)23-12-19(20)22(26)28)16-6-4-15(5-7-16)11-24-31(29,30)17-8-9-17/h12,14-17,24H,3-11,13H2,1-2H3,(H,23,25)/t14?,15-,16-. The van der Waals surface area contributed by atoms with Gasteiger partial charge in [-0.15, -0.1) is 0 Å². The summed E-state index contributed by atoms with van der Waals surface area (Å²) in [5, 5.41) is 3.28. The van der Waals surface area contributed by atoms with E-state index in [1.54, 1.807) is 6.20 Å². The molecule has 2 aliphatic carbocycles. The summed E-state index contributed by atoms with van der Waals surface area (Å²) in [6.45, 7) is 6.03. The Balaban J connectivity index is 1.32. The minimum atomic E-state index is -3.11. The van der Waals surface area contributed by atoms with Crippen LogP contribution in [0.3, 0.4) is 0 Å². The number of carbonyl (C=O) groups is 1. The number of pyridine rings is 1. The molecule has 4 aliphatic rings. The van der Waals surface area contributed by atoms with E-state index in [1.165, 1.54) is 5.56 Å². The van der Waals surface area contributed by atoms with Gasteiger partial charge in [0.25, 0.3) is 5.91 Å². The van der Waals surface area contributed by atoms with Crippen LogP contribution < -0.4 is 14.9 Å². The second-order valence-electron chi connectivity index (χ2n) is 9.64. The quantitative estimate of drug-likeness (QED) is 0.695. The van der Waals surface area contributed by atoms with Crippen LogP contribution >= 0.6 is 0 Å². The molecule has 0 radical (unpaired) electrons. The smallest absolute Gasteiger partial charge is 0.258 e. The lowest BCUT2D eigenvalue weighted by molar-refractivity contribution is 0.0740. The largest absolute Gasteiger partial charge is 0.367 e. The fourth-order valence-corrected chi connectivity index (χ4v) is 6.82. The second-order valence-corrected chi connectivity index (χ2v) is 11.7. The van der Waals surface area contributed by atoms with Crippen LogP contribution in [0.1, 0.15) is 68.3 Å². The predicted molar refractivity (Wildman–Crippen MR) is 121 cm³/mol. The molecule has 1 aromatic heterocycles. The van der Waals surface area contributed by atoms with Crippen molar-refractivity contribution in [3.63, 3.8) is 0 Å². The lowest BCUT2D eigenvalue weighted by atomic mass is 9.84. The van der Waals surface area contributed by atoms with Gasteiger partial charge in [-0.2, -0.15) is 0 Å². The average Bonchev–Trinajstić information content (AvgIpc) is 3.55. The van der Waals surface area contributed by atoms with Gasteiger partial charge < -0.3 is 15.1 Å². The Morgan fingerprint density at radius 2 is 1.94 bits per heavy atom. The number of sulfonamides is 1. The number of nitrogens with zero attached hydrogens (tertiary/aromatic N) is 3. The number of hydrogen-bond acceptors (Lipinski definition) is 6. The molecule has 1 amide bonds. The molecule has 2 saturated carbocycles. The summed E-state index contributed by atoms with van der Waals surface area (Å²) < 4.78 is 27.2. The first-order valence-electron chi connectivity index (χ1n) is 11.7. The lowest BCUT2D eigenvalue weighted by Crippen LogP contribution is -2.52. The fourth-order valence-electron chi connectivity index (χ4n) is 5.36. The number of aromatic nitrogens is 1. The van der Waals surface area contributed by atoms with Crippen molar-refractivity contribution in [3.8, 4) is 0 Å². The summed E-state index contributed by atoms with van der Waals surface area (Å²) >= 11 is 0. The van der Waals surface area contributed by atoms with Gasteiger partial charge in [0, 0.05) is 36.9 Å². The third-order valence-electron chi connectivity index (χ3n) is 7.35. The number of anilines is 2. The molecule has 0 bridgehead atoms. The summed E-state index contributed by atoms with van der Waals surface area (Å²) in [5.74, 6) is 1.38. The van der Waals surface area contributed by atoms with Crippen LogP contribution in [-0.2, 0) is 16.4 Å². The third-order valence-corrected chi connectivity index (χ3v) is 9.26. The van der Waals surface area contributed by atoms with Crippen LogP contribution in [-0.4, -0.2) is 61.3 Å². The molecule has 31 heavy (non-hydrogen) atoms. The van der Waals surface area contributed by atoms with Crippen molar-refractivity contribution in [2.24, 2.45) is 5.92 Å². The molecule has 9 heteroatoms. The number of carbonyl (C=O) groups excluding carboxylic acids is 1. The van der Waals surface area contributed by atoms with Crippen molar-refractivity contribution in [2.75, 3.05) is 30.0 Å². The maximum absolute atomic E-state index is 13.0. The van der Waals surface area contributed by atoms with Crippen molar-refractivity contribution in [3.05, 3.63) is 17.3 Å². The van der Waals surface area contributed by atoms with E-state index in [9.17, 15) is 13.2 Å². The third kappa shape index (κ3) is 3.91. The Morgan fingerprint density at radius 3 is 2.61 bits per heavy atom. The highest BCUT2D eigenvalue weighted by molar-refractivity contribution is 7.90. The van der Waals surface area contributed by atoms with Gasteiger partial charge in [0.15, 0.2) is 0 Å². The van der Waals surface area contributed by atoms with Crippen LogP contribution in [0.25, 0.3) is 0 Å². The van der Waals surface area contributed by atoms with Gasteiger partial charge in [0.2, 0.25) is 10.0 Å². The highest BCUT2D eigenvalue weighted by atomic mass is 32.2. The summed E-state index contributed by atoms with van der Waals surface area (Å²) in [4.78, 5) is 21.9. The molecule has 5 rings (SSSR count). The van der Waals surface area contributed by atoms with Gasteiger partial charge in [0.1, 0.15) is 5.82 Å². The monoisotopic (exact) mass is 447 g/mol. The average molecular weight is 448 g/mol. The first kappa shape index (κ1) is 21.0. The van der Waals surface area contributed by atoms with Crippen LogP contribution in [0.2, 0.25) is 0 Å². The summed E-state index contributed by atoms with van der Waals surface area (Å²) in [5.41, 5.74) is 2.98. The zero-order valence-electron chi connectivity index (χ0n) is 18.4. The normalized spacial score (nSPS) is 28.3. The Hall–Kier alpha value is -1.87. The van der Waals surface area contributed by atoms with E-state index in [4.69, 9.17) is 0 Å². The van der Waals surface area contributed by atoms with Crippen LogP contribution in [0, 0.1) is 5.92 Å². The number of amides is 1. The van der Waals surface area contributed by atoms with Crippen molar-refractivity contribution in [1.29, 1.82) is 0 Å². The maximum Gasteiger partial charge on any atom is 0.258 e. The molecule has 170 valence electrons. The molecule has 1 unspecified atom stereocenters. The Bertz CT molecular complexity index is 970. The number of fused-ring (bicyclic) bond motifs is 3. The first-order chi connectivity index (χ1) is 14.9. The molecule has 0 aromatic carbocycles.